The van der Waals surface area contributed by atoms with Crippen molar-refractivity contribution in [2.45, 2.75) is 19.9 Å². The van der Waals surface area contributed by atoms with E-state index in [1.807, 2.05) is 7.05 Å². The third kappa shape index (κ3) is 2.63. The van der Waals surface area contributed by atoms with Gasteiger partial charge in [0.15, 0.2) is 0 Å². The number of hydrogen-bond donors (Lipinski definition) is 1. The van der Waals surface area contributed by atoms with Gasteiger partial charge >= 0.3 is 0 Å². The molecule has 0 amide bonds. The van der Waals surface area contributed by atoms with Crippen LogP contribution in [0.3, 0.4) is 0 Å². The molecule has 1 aromatic heterocycles. The maximum atomic E-state index is 3.46. The standard InChI is InChI=1S/C23H24N2/c1-16(2)23(24-3)17-13-14-22-20(15-17)19-11-7-8-12-21(19)25(22)18-9-5-4-6-10-18/h4-16,23-24H,1-3H3. The second-order valence-electron chi connectivity index (χ2n) is 6.98. The minimum absolute atomic E-state index is 0.364. The van der Waals surface area contributed by atoms with E-state index in [-0.39, 0.29) is 0 Å². The molecule has 1 atom stereocenters. The van der Waals surface area contributed by atoms with E-state index in [1.54, 1.807) is 0 Å². The molecule has 0 aliphatic carbocycles. The molecule has 4 aromatic rings. The zero-order chi connectivity index (χ0) is 17.4. The molecule has 0 saturated heterocycles. The fraction of sp³-hybridized carbons (Fsp3) is 0.217. The molecule has 126 valence electrons. The third-order valence-electron chi connectivity index (χ3n) is 5.05. The lowest BCUT2D eigenvalue weighted by molar-refractivity contribution is 0.443. The molecular weight excluding hydrogens is 304 g/mol. The van der Waals surface area contributed by atoms with E-state index in [1.165, 1.54) is 33.1 Å². The van der Waals surface area contributed by atoms with Gasteiger partial charge in [-0.3, -0.25) is 0 Å². The van der Waals surface area contributed by atoms with E-state index in [0.717, 1.165) is 0 Å². The first-order valence-corrected chi connectivity index (χ1v) is 8.96. The summed E-state index contributed by atoms with van der Waals surface area (Å²) >= 11 is 0. The average Bonchev–Trinajstić information content (AvgIpc) is 2.97. The van der Waals surface area contributed by atoms with Gasteiger partial charge in [-0.05, 0) is 48.9 Å². The Balaban J connectivity index is 2.03. The minimum Gasteiger partial charge on any atom is -0.313 e. The van der Waals surface area contributed by atoms with Gasteiger partial charge in [-0.1, -0.05) is 56.3 Å². The number of nitrogens with one attached hydrogen (secondary N) is 1. The van der Waals surface area contributed by atoms with Gasteiger partial charge in [-0.15, -0.1) is 0 Å². The number of para-hydroxylation sites is 2. The fourth-order valence-corrected chi connectivity index (χ4v) is 3.92. The topological polar surface area (TPSA) is 17.0 Å². The van der Waals surface area contributed by atoms with Gasteiger partial charge in [0.05, 0.1) is 11.0 Å². The van der Waals surface area contributed by atoms with Crippen LogP contribution in [0.1, 0.15) is 25.5 Å². The van der Waals surface area contributed by atoms with Crippen molar-refractivity contribution in [3.8, 4) is 5.69 Å². The summed E-state index contributed by atoms with van der Waals surface area (Å²) in [4.78, 5) is 0. The first-order valence-electron chi connectivity index (χ1n) is 8.96. The highest BCUT2D eigenvalue weighted by atomic mass is 15.0. The molecule has 0 aliphatic rings. The molecule has 0 radical (unpaired) electrons. The first-order chi connectivity index (χ1) is 12.2. The van der Waals surface area contributed by atoms with Crippen molar-refractivity contribution in [2.24, 2.45) is 5.92 Å². The van der Waals surface area contributed by atoms with E-state index in [9.17, 15) is 0 Å². The van der Waals surface area contributed by atoms with Crippen LogP contribution in [-0.2, 0) is 0 Å². The Morgan fingerprint density at radius 1 is 0.760 bits per heavy atom. The Labute approximate surface area is 149 Å². The summed E-state index contributed by atoms with van der Waals surface area (Å²) in [5.41, 5.74) is 5.07. The summed E-state index contributed by atoms with van der Waals surface area (Å²) in [5, 5.41) is 6.09. The number of fused-ring (bicyclic) bond motifs is 3. The zero-order valence-corrected chi connectivity index (χ0v) is 15.0. The van der Waals surface area contributed by atoms with Crippen LogP contribution < -0.4 is 5.32 Å². The SMILES string of the molecule is CNC(c1ccc2c(c1)c1ccccc1n2-c1ccccc1)C(C)C. The van der Waals surface area contributed by atoms with Crippen molar-refractivity contribution in [3.05, 3.63) is 78.4 Å². The van der Waals surface area contributed by atoms with E-state index in [0.29, 0.717) is 12.0 Å². The monoisotopic (exact) mass is 328 g/mol. The third-order valence-corrected chi connectivity index (χ3v) is 5.05. The largest absolute Gasteiger partial charge is 0.313 e. The summed E-state index contributed by atoms with van der Waals surface area (Å²) in [7, 11) is 2.04. The maximum absolute atomic E-state index is 3.46. The summed E-state index contributed by atoms with van der Waals surface area (Å²) in [6.07, 6.45) is 0. The highest BCUT2D eigenvalue weighted by Crippen LogP contribution is 2.34. The number of nitrogens with zero attached hydrogens (tertiary/aromatic N) is 1. The predicted octanol–water partition coefficient (Wildman–Crippen LogP) is 5.70. The summed E-state index contributed by atoms with van der Waals surface area (Å²) in [6, 6.07) is 26.5. The van der Waals surface area contributed by atoms with Gasteiger partial charge in [0.1, 0.15) is 0 Å². The predicted molar refractivity (Wildman–Crippen MR) is 107 cm³/mol. The second kappa shape index (κ2) is 6.38. The van der Waals surface area contributed by atoms with Crippen LogP contribution in [0.4, 0.5) is 0 Å². The maximum Gasteiger partial charge on any atom is 0.0541 e. The van der Waals surface area contributed by atoms with Gasteiger partial charge in [0.25, 0.3) is 0 Å². The Hall–Kier alpha value is -2.58. The van der Waals surface area contributed by atoms with Crippen LogP contribution in [0.2, 0.25) is 0 Å². The number of aromatic nitrogens is 1. The molecule has 2 nitrogen and oxygen atoms in total. The number of hydrogen-bond acceptors (Lipinski definition) is 1. The molecule has 1 unspecified atom stereocenters. The normalized spacial score (nSPS) is 13.0. The van der Waals surface area contributed by atoms with Gasteiger partial charge in [-0.25, -0.2) is 0 Å². The van der Waals surface area contributed by atoms with E-state index in [2.05, 4.69) is 96.5 Å². The number of benzene rings is 3. The van der Waals surface area contributed by atoms with Gasteiger partial charge in [0, 0.05) is 22.5 Å². The van der Waals surface area contributed by atoms with E-state index < -0.39 is 0 Å². The highest BCUT2D eigenvalue weighted by molar-refractivity contribution is 6.09. The lowest BCUT2D eigenvalue weighted by Gasteiger charge is -2.21. The fourth-order valence-electron chi connectivity index (χ4n) is 3.92. The summed E-state index contributed by atoms with van der Waals surface area (Å²) in [6.45, 7) is 4.53. The second-order valence-corrected chi connectivity index (χ2v) is 6.98. The molecule has 0 fully saturated rings. The van der Waals surface area contributed by atoms with Gasteiger partial charge in [-0.2, -0.15) is 0 Å². The average molecular weight is 328 g/mol. The minimum atomic E-state index is 0.364. The first kappa shape index (κ1) is 15.9. The molecular formula is C23H24N2. The molecule has 3 aromatic carbocycles. The molecule has 0 aliphatic heterocycles. The lowest BCUT2D eigenvalue weighted by Crippen LogP contribution is -2.21. The Kier molecular flexibility index (Phi) is 4.06. The molecule has 1 heterocycles. The Morgan fingerprint density at radius 3 is 2.16 bits per heavy atom. The highest BCUT2D eigenvalue weighted by Gasteiger charge is 2.17. The molecule has 25 heavy (non-hydrogen) atoms. The lowest BCUT2D eigenvalue weighted by atomic mass is 9.95. The van der Waals surface area contributed by atoms with Crippen LogP contribution in [0.5, 0.6) is 0 Å². The van der Waals surface area contributed by atoms with Crippen LogP contribution >= 0.6 is 0 Å². The quantitative estimate of drug-likeness (QED) is 0.508. The zero-order valence-electron chi connectivity index (χ0n) is 15.0. The Morgan fingerprint density at radius 2 is 1.44 bits per heavy atom. The number of rotatable bonds is 4. The van der Waals surface area contributed by atoms with Gasteiger partial charge in [0.2, 0.25) is 0 Å². The van der Waals surface area contributed by atoms with Crippen molar-refractivity contribution in [2.75, 3.05) is 7.05 Å². The molecule has 2 heteroatoms. The summed E-state index contributed by atoms with van der Waals surface area (Å²) in [5.74, 6) is 0.546. The van der Waals surface area contributed by atoms with Crippen LogP contribution in [-0.4, -0.2) is 11.6 Å². The van der Waals surface area contributed by atoms with Crippen molar-refractivity contribution in [1.82, 2.24) is 9.88 Å². The van der Waals surface area contributed by atoms with Crippen LogP contribution in [0.25, 0.3) is 27.5 Å². The van der Waals surface area contributed by atoms with Crippen molar-refractivity contribution in [1.29, 1.82) is 0 Å². The van der Waals surface area contributed by atoms with Crippen molar-refractivity contribution >= 4 is 21.8 Å². The van der Waals surface area contributed by atoms with Gasteiger partial charge < -0.3 is 9.88 Å². The van der Waals surface area contributed by atoms with Crippen LogP contribution in [0, 0.1) is 5.92 Å². The molecule has 0 spiro atoms. The Bertz CT molecular complexity index is 1010. The molecule has 1 N–H and O–H groups in total. The molecule has 0 bridgehead atoms. The molecule has 4 rings (SSSR count). The van der Waals surface area contributed by atoms with Crippen molar-refractivity contribution < 1.29 is 0 Å². The summed E-state index contributed by atoms with van der Waals surface area (Å²) < 4.78 is 2.36. The van der Waals surface area contributed by atoms with E-state index >= 15 is 0 Å². The molecule has 0 saturated carbocycles. The smallest absolute Gasteiger partial charge is 0.0541 e. The van der Waals surface area contributed by atoms with Crippen molar-refractivity contribution in [3.63, 3.8) is 0 Å². The van der Waals surface area contributed by atoms with E-state index in [4.69, 9.17) is 0 Å². The van der Waals surface area contributed by atoms with Crippen LogP contribution in [0.15, 0.2) is 72.8 Å².